The second kappa shape index (κ2) is 7.48. The lowest BCUT2D eigenvalue weighted by Crippen LogP contribution is -2.44. The van der Waals surface area contributed by atoms with Gasteiger partial charge in [0.15, 0.2) is 0 Å². The maximum absolute atomic E-state index is 13.0. The summed E-state index contributed by atoms with van der Waals surface area (Å²) in [5.74, 6) is 0.439. The van der Waals surface area contributed by atoms with Gasteiger partial charge in [-0.05, 0) is 32.1 Å². The average molecular weight is 382 g/mol. The van der Waals surface area contributed by atoms with Crippen molar-refractivity contribution in [3.63, 3.8) is 0 Å². The summed E-state index contributed by atoms with van der Waals surface area (Å²) < 4.78 is 24.7. The van der Waals surface area contributed by atoms with Crippen molar-refractivity contribution in [1.29, 1.82) is 0 Å². The Hall–Kier alpha value is -1.74. The van der Waals surface area contributed by atoms with E-state index < -0.39 is 10.0 Å². The van der Waals surface area contributed by atoms with Crippen LogP contribution in [0.3, 0.4) is 0 Å². The van der Waals surface area contributed by atoms with Crippen LogP contribution >= 0.6 is 0 Å². The molecule has 3 heterocycles. The van der Waals surface area contributed by atoms with Crippen LogP contribution in [-0.4, -0.2) is 59.4 Å². The van der Waals surface area contributed by atoms with E-state index >= 15 is 0 Å². The highest BCUT2D eigenvalue weighted by Gasteiger charge is 2.37. The van der Waals surface area contributed by atoms with Crippen LogP contribution in [0.5, 0.6) is 0 Å². The Balaban J connectivity index is 1.73. The monoisotopic (exact) mass is 382 g/mol. The molecular weight excluding hydrogens is 356 g/mol. The molecule has 0 spiro atoms. The molecule has 2 fully saturated rings. The predicted molar refractivity (Wildman–Crippen MR) is 97.1 cm³/mol. The van der Waals surface area contributed by atoms with Crippen molar-refractivity contribution in [2.75, 3.05) is 25.9 Å². The molecule has 1 aromatic heterocycles. The summed E-state index contributed by atoms with van der Waals surface area (Å²) in [7, 11) is -3.20. The topological polar surface area (TPSA) is 103 Å². The number of amides is 1. The van der Waals surface area contributed by atoms with Gasteiger partial charge in [-0.2, -0.15) is 0 Å². The van der Waals surface area contributed by atoms with E-state index in [0.29, 0.717) is 44.7 Å². The third-order valence-corrected chi connectivity index (χ3v) is 6.60. The molecule has 2 aliphatic rings. The summed E-state index contributed by atoms with van der Waals surface area (Å²) in [6.45, 7) is 3.36. The van der Waals surface area contributed by atoms with Gasteiger partial charge in [-0.1, -0.05) is 6.92 Å². The number of piperidine rings is 1. The molecule has 1 N–H and O–H groups in total. The fraction of sp³-hybridized carbons (Fsp3) is 0.706. The number of aryl methyl sites for hydroxylation is 1. The first-order valence-electron chi connectivity index (χ1n) is 9.15. The van der Waals surface area contributed by atoms with Crippen LogP contribution in [-0.2, 0) is 21.2 Å². The number of hydrogen-bond acceptors (Lipinski definition) is 5. The van der Waals surface area contributed by atoms with E-state index in [9.17, 15) is 18.0 Å². The van der Waals surface area contributed by atoms with Gasteiger partial charge in [0.2, 0.25) is 15.9 Å². The van der Waals surface area contributed by atoms with Crippen molar-refractivity contribution >= 4 is 15.9 Å². The number of sulfonamides is 1. The van der Waals surface area contributed by atoms with E-state index in [1.54, 1.807) is 0 Å². The van der Waals surface area contributed by atoms with Crippen molar-refractivity contribution in [3.8, 4) is 0 Å². The number of carbonyl (C=O) groups is 1. The molecule has 0 radical (unpaired) electrons. The molecule has 0 bridgehead atoms. The van der Waals surface area contributed by atoms with Gasteiger partial charge >= 0.3 is 0 Å². The largest absolute Gasteiger partial charge is 0.332 e. The first kappa shape index (κ1) is 19.0. The summed E-state index contributed by atoms with van der Waals surface area (Å²) in [6, 6.07) is 1.29. The van der Waals surface area contributed by atoms with Gasteiger partial charge in [0.1, 0.15) is 5.82 Å². The number of carbonyl (C=O) groups excluding carboxylic acids is 1. The third kappa shape index (κ3) is 3.98. The van der Waals surface area contributed by atoms with Crippen molar-refractivity contribution < 1.29 is 13.2 Å². The summed E-state index contributed by atoms with van der Waals surface area (Å²) in [5, 5.41) is 0. The SMILES string of the molecule is CCc1cc(=O)[nH]c([C@@H]2CCCN2C(=O)C2CCN(S(C)(=O)=O)CC2)n1. The van der Waals surface area contributed by atoms with E-state index in [1.165, 1.54) is 16.6 Å². The number of aromatic amines is 1. The van der Waals surface area contributed by atoms with Crippen LogP contribution in [0.25, 0.3) is 0 Å². The van der Waals surface area contributed by atoms with Crippen LogP contribution < -0.4 is 5.56 Å². The second-order valence-electron chi connectivity index (χ2n) is 7.10. The molecule has 2 aliphatic heterocycles. The molecule has 144 valence electrons. The summed E-state index contributed by atoms with van der Waals surface area (Å²) in [6.07, 6.45) is 4.60. The molecular formula is C17H26N4O4S. The minimum atomic E-state index is -3.20. The predicted octanol–water partition coefficient (Wildman–Crippen LogP) is 0.667. The maximum Gasteiger partial charge on any atom is 0.251 e. The van der Waals surface area contributed by atoms with Crippen LogP contribution in [0.2, 0.25) is 0 Å². The standard InChI is InChI=1S/C17H26N4O4S/c1-3-13-11-15(22)19-16(18-13)14-5-4-8-21(14)17(23)12-6-9-20(10-7-12)26(2,24)25/h11-12,14H,3-10H2,1-2H3,(H,18,19,22)/t14-/m0/s1. The molecule has 1 aromatic rings. The Morgan fingerprint density at radius 3 is 2.58 bits per heavy atom. The maximum atomic E-state index is 13.0. The van der Waals surface area contributed by atoms with Crippen molar-refractivity contribution in [1.82, 2.24) is 19.2 Å². The quantitative estimate of drug-likeness (QED) is 0.824. The van der Waals surface area contributed by atoms with Gasteiger partial charge in [0.25, 0.3) is 5.56 Å². The first-order valence-corrected chi connectivity index (χ1v) is 11.0. The minimum Gasteiger partial charge on any atom is -0.332 e. The summed E-state index contributed by atoms with van der Waals surface area (Å²) in [5.41, 5.74) is 0.539. The summed E-state index contributed by atoms with van der Waals surface area (Å²) >= 11 is 0. The molecule has 0 aliphatic carbocycles. The van der Waals surface area contributed by atoms with Gasteiger partial charge in [-0.25, -0.2) is 17.7 Å². The first-order chi connectivity index (χ1) is 12.3. The average Bonchev–Trinajstić information content (AvgIpc) is 3.09. The van der Waals surface area contributed by atoms with E-state index in [1.807, 2.05) is 11.8 Å². The lowest BCUT2D eigenvalue weighted by molar-refractivity contribution is -0.137. The molecule has 8 nitrogen and oxygen atoms in total. The molecule has 26 heavy (non-hydrogen) atoms. The zero-order chi connectivity index (χ0) is 18.9. The highest BCUT2D eigenvalue weighted by atomic mass is 32.2. The Bertz CT molecular complexity index is 827. The molecule has 9 heteroatoms. The van der Waals surface area contributed by atoms with E-state index in [0.717, 1.165) is 18.5 Å². The van der Waals surface area contributed by atoms with Gasteiger partial charge in [-0.15, -0.1) is 0 Å². The van der Waals surface area contributed by atoms with E-state index in [4.69, 9.17) is 0 Å². The van der Waals surface area contributed by atoms with Crippen LogP contribution in [0, 0.1) is 5.92 Å². The number of nitrogens with zero attached hydrogens (tertiary/aromatic N) is 3. The zero-order valence-corrected chi connectivity index (χ0v) is 16.1. The Morgan fingerprint density at radius 2 is 1.96 bits per heavy atom. The smallest absolute Gasteiger partial charge is 0.251 e. The van der Waals surface area contributed by atoms with E-state index in [2.05, 4.69) is 9.97 Å². The molecule has 1 amide bonds. The highest BCUT2D eigenvalue weighted by Crippen LogP contribution is 2.33. The van der Waals surface area contributed by atoms with Gasteiger partial charge in [-0.3, -0.25) is 9.59 Å². The van der Waals surface area contributed by atoms with Crippen LogP contribution in [0.1, 0.15) is 50.2 Å². The van der Waals surface area contributed by atoms with Gasteiger partial charge in [0.05, 0.1) is 12.3 Å². The molecule has 0 aromatic carbocycles. The normalized spacial score (nSPS) is 22.7. The van der Waals surface area contributed by atoms with Crippen molar-refractivity contribution in [2.45, 2.75) is 45.1 Å². The number of rotatable bonds is 4. The number of nitrogens with one attached hydrogen (secondary N) is 1. The Kier molecular flexibility index (Phi) is 5.47. The van der Waals surface area contributed by atoms with Gasteiger partial charge < -0.3 is 9.88 Å². The Labute approximate surface area is 153 Å². The molecule has 1 atom stereocenters. The fourth-order valence-corrected chi connectivity index (χ4v) is 4.73. The minimum absolute atomic E-state index is 0.0465. The van der Waals surface area contributed by atoms with Crippen molar-refractivity contribution in [3.05, 3.63) is 27.9 Å². The van der Waals surface area contributed by atoms with Gasteiger partial charge in [0, 0.05) is 37.3 Å². The molecule has 0 unspecified atom stereocenters. The van der Waals surface area contributed by atoms with E-state index in [-0.39, 0.29) is 23.4 Å². The molecule has 3 rings (SSSR count). The number of aromatic nitrogens is 2. The van der Waals surface area contributed by atoms with Crippen molar-refractivity contribution in [2.24, 2.45) is 5.92 Å². The van der Waals surface area contributed by atoms with Crippen LogP contribution in [0.4, 0.5) is 0 Å². The molecule has 2 saturated heterocycles. The Morgan fingerprint density at radius 1 is 1.27 bits per heavy atom. The number of likely N-dealkylation sites (tertiary alicyclic amines) is 1. The third-order valence-electron chi connectivity index (χ3n) is 5.30. The highest BCUT2D eigenvalue weighted by molar-refractivity contribution is 7.88. The fourth-order valence-electron chi connectivity index (χ4n) is 3.85. The zero-order valence-electron chi connectivity index (χ0n) is 15.3. The molecule has 0 saturated carbocycles. The number of hydrogen-bond donors (Lipinski definition) is 1. The lowest BCUT2D eigenvalue weighted by atomic mass is 9.96. The summed E-state index contributed by atoms with van der Waals surface area (Å²) in [4.78, 5) is 34.0. The lowest BCUT2D eigenvalue weighted by Gasteiger charge is -2.33. The number of H-pyrrole nitrogens is 1. The second-order valence-corrected chi connectivity index (χ2v) is 9.08. The van der Waals surface area contributed by atoms with Crippen LogP contribution in [0.15, 0.2) is 10.9 Å².